The van der Waals surface area contributed by atoms with Crippen molar-refractivity contribution in [3.8, 4) is 0 Å². The highest BCUT2D eigenvalue weighted by Gasteiger charge is 2.22. The molecule has 1 aromatic heterocycles. The molecule has 4 aromatic carbocycles. The molecule has 0 aliphatic heterocycles. The van der Waals surface area contributed by atoms with Crippen LogP contribution in [0.15, 0.2) is 60.8 Å². The zero-order valence-corrected chi connectivity index (χ0v) is 41.4. The Hall–Kier alpha value is -4.07. The third-order valence-corrected chi connectivity index (χ3v) is 12.0. The molecule has 4 atom stereocenters. The van der Waals surface area contributed by atoms with Crippen molar-refractivity contribution in [3.05, 3.63) is 72.1 Å². The molecule has 0 saturated heterocycles. The number of aliphatic hydroxyl groups excluding tert-OH is 8. The number of aliphatic hydroxyl groups is 8. The molecule has 0 bridgehead atoms. The lowest BCUT2D eigenvalue weighted by molar-refractivity contribution is -0.141. The second kappa shape index (κ2) is 33.7. The summed E-state index contributed by atoms with van der Waals surface area (Å²) in [5.74, 6) is -0.0264. The molecule has 20 nitrogen and oxygen atoms in total. The number of ether oxygens (including phenoxy) is 7. The highest BCUT2D eigenvalue weighted by atomic mass is 16.6. The van der Waals surface area contributed by atoms with Crippen molar-refractivity contribution in [2.45, 2.75) is 114 Å². The van der Waals surface area contributed by atoms with Gasteiger partial charge in [0.2, 0.25) is 0 Å². The van der Waals surface area contributed by atoms with E-state index in [-0.39, 0.29) is 78.6 Å². The smallest absolute Gasteiger partial charge is 0.251 e. The summed E-state index contributed by atoms with van der Waals surface area (Å²) < 4.78 is 42.3. The second-order valence-electron chi connectivity index (χ2n) is 18.2. The molecule has 5 aromatic rings. The van der Waals surface area contributed by atoms with Crippen LogP contribution in [-0.4, -0.2) is 204 Å². The Labute approximate surface area is 421 Å². The number of nitrogens with zero attached hydrogens (tertiary/aromatic N) is 3. The van der Waals surface area contributed by atoms with E-state index < -0.39 is 69.2 Å². The summed E-state index contributed by atoms with van der Waals surface area (Å²) in [5, 5.41) is 94.3. The Morgan fingerprint density at radius 2 is 0.958 bits per heavy atom. The van der Waals surface area contributed by atoms with Crippen molar-refractivity contribution < 1.29 is 78.8 Å². The Morgan fingerprint density at radius 1 is 0.514 bits per heavy atom. The number of unbranched alkanes of at least 4 members (excludes halogenated alkanes) is 8. The van der Waals surface area contributed by atoms with Gasteiger partial charge in [-0.15, -0.1) is 5.10 Å². The predicted molar refractivity (Wildman–Crippen MR) is 268 cm³/mol. The van der Waals surface area contributed by atoms with Gasteiger partial charge in [0.15, 0.2) is 0 Å². The van der Waals surface area contributed by atoms with Gasteiger partial charge in [-0.05, 0) is 51.2 Å². The number of hydrogen-bond donors (Lipinski definition) is 9. The first kappa shape index (κ1) is 58.8. The van der Waals surface area contributed by atoms with Crippen LogP contribution in [0.2, 0.25) is 0 Å². The molecule has 5 rings (SSSR count). The molecule has 0 aliphatic rings. The molecule has 0 fully saturated rings. The van der Waals surface area contributed by atoms with E-state index in [0.717, 1.165) is 79.5 Å². The molecule has 402 valence electrons. The first-order chi connectivity index (χ1) is 35.1. The molecule has 20 heteroatoms. The molecule has 0 saturated carbocycles. The van der Waals surface area contributed by atoms with Crippen molar-refractivity contribution >= 4 is 38.2 Å². The fraction of sp³-hybridized carbons (Fsp3) is 0.635. The SMILES string of the molecule is O=C(NCCCCCCCCCCCn1cc(COC(COC(COCC(O)CO)COCC(O)CO)COC(COCC(O)CO)COCC(O)CO)nn1)c1ccc2ccc3cccc4ccc1c2c34. The Morgan fingerprint density at radius 3 is 1.47 bits per heavy atom. The van der Waals surface area contributed by atoms with Gasteiger partial charge >= 0.3 is 0 Å². The Bertz CT molecular complexity index is 2130. The maximum Gasteiger partial charge on any atom is 0.251 e. The van der Waals surface area contributed by atoms with Crippen LogP contribution in [0.3, 0.4) is 0 Å². The first-order valence-corrected chi connectivity index (χ1v) is 25.3. The normalized spacial score (nSPS) is 15.1. The molecule has 4 unspecified atom stereocenters. The van der Waals surface area contributed by atoms with Gasteiger partial charge in [0.25, 0.3) is 5.91 Å². The van der Waals surface area contributed by atoms with Crippen molar-refractivity contribution in [1.82, 2.24) is 20.3 Å². The fourth-order valence-electron chi connectivity index (χ4n) is 8.06. The molecule has 1 heterocycles. The number of amides is 1. The van der Waals surface area contributed by atoms with Gasteiger partial charge in [0.1, 0.15) is 48.4 Å². The maximum absolute atomic E-state index is 13.3. The standard InChI is InChI=1S/C52H78N4O16/c57-22-41(61)27-66-31-45(32-67-28-42(62)23-58)71-35-47(36-72-46(33-68-29-43(63)24-59)34-69-30-44(64)25-60)70-26-40-21-56(55-54-40)20-9-7-5-3-1-2-4-6-8-19-53-52(65)49-18-16-39-14-13-37-11-10-12-38-15-17-48(49)51(39)50(37)38/h10-18,21,41-47,57-64H,1-9,19-20,22-36H2,(H,53,65). The lowest BCUT2D eigenvalue weighted by Gasteiger charge is -2.25. The summed E-state index contributed by atoms with van der Waals surface area (Å²) >= 11 is 0. The Balaban J connectivity index is 1.01. The summed E-state index contributed by atoms with van der Waals surface area (Å²) in [6.07, 6.45) is 4.97. The van der Waals surface area contributed by atoms with Crippen LogP contribution >= 0.6 is 0 Å². The third kappa shape index (κ3) is 20.7. The van der Waals surface area contributed by atoms with Crippen LogP contribution in [0.4, 0.5) is 0 Å². The van der Waals surface area contributed by atoms with Gasteiger partial charge in [-0.2, -0.15) is 0 Å². The van der Waals surface area contributed by atoms with E-state index in [1.54, 1.807) is 4.68 Å². The van der Waals surface area contributed by atoms with Crippen molar-refractivity contribution in [2.24, 2.45) is 0 Å². The predicted octanol–water partition coefficient (Wildman–Crippen LogP) is 2.25. The number of benzene rings is 4. The summed E-state index contributed by atoms with van der Waals surface area (Å²) in [6, 6.07) is 18.7. The first-order valence-electron chi connectivity index (χ1n) is 25.3. The lowest BCUT2D eigenvalue weighted by atomic mass is 9.92. The van der Waals surface area contributed by atoms with Crippen LogP contribution in [0.5, 0.6) is 0 Å². The number of aromatic nitrogens is 3. The van der Waals surface area contributed by atoms with Crippen LogP contribution in [0.1, 0.15) is 73.8 Å². The minimum absolute atomic E-state index is 0.0264. The van der Waals surface area contributed by atoms with Crippen molar-refractivity contribution in [2.75, 3.05) is 99.0 Å². The van der Waals surface area contributed by atoms with Gasteiger partial charge < -0.3 is 79.3 Å². The van der Waals surface area contributed by atoms with E-state index in [9.17, 15) is 45.6 Å². The van der Waals surface area contributed by atoms with Crippen molar-refractivity contribution in [3.63, 3.8) is 0 Å². The van der Waals surface area contributed by atoms with Crippen LogP contribution in [-0.2, 0) is 46.3 Å². The molecule has 0 aliphatic carbocycles. The number of carbonyl (C=O) groups is 1. The minimum atomic E-state index is -1.10. The topological polar surface area (TPSA) is 286 Å². The number of hydrogen-bond acceptors (Lipinski definition) is 18. The van der Waals surface area contributed by atoms with Gasteiger partial charge in [-0.1, -0.05) is 98.7 Å². The van der Waals surface area contributed by atoms with E-state index in [1.165, 1.54) is 16.2 Å². The zero-order chi connectivity index (χ0) is 51.3. The summed E-state index contributed by atoms with van der Waals surface area (Å²) in [4.78, 5) is 13.3. The summed E-state index contributed by atoms with van der Waals surface area (Å²) in [6.45, 7) is -1.53. The monoisotopic (exact) mass is 1010 g/mol. The van der Waals surface area contributed by atoms with E-state index in [2.05, 4.69) is 58.1 Å². The fourth-order valence-corrected chi connectivity index (χ4v) is 8.06. The molecular weight excluding hydrogens is 937 g/mol. The average molecular weight is 1020 g/mol. The van der Waals surface area contributed by atoms with Crippen molar-refractivity contribution in [1.29, 1.82) is 0 Å². The molecule has 9 N–H and O–H groups in total. The minimum Gasteiger partial charge on any atom is -0.394 e. The molecule has 0 spiro atoms. The second-order valence-corrected chi connectivity index (χ2v) is 18.2. The van der Waals surface area contributed by atoms with E-state index in [0.29, 0.717) is 18.8 Å². The molecular formula is C52H78N4O16. The highest BCUT2D eigenvalue weighted by Crippen LogP contribution is 2.36. The third-order valence-electron chi connectivity index (χ3n) is 12.0. The maximum atomic E-state index is 13.3. The van der Waals surface area contributed by atoms with Gasteiger partial charge in [0, 0.05) is 18.7 Å². The van der Waals surface area contributed by atoms with E-state index >= 15 is 0 Å². The summed E-state index contributed by atoms with van der Waals surface area (Å²) in [7, 11) is 0. The van der Waals surface area contributed by atoms with E-state index in [1.807, 2.05) is 18.3 Å². The van der Waals surface area contributed by atoms with Gasteiger partial charge in [-0.3, -0.25) is 9.48 Å². The van der Waals surface area contributed by atoms with Crippen LogP contribution < -0.4 is 5.32 Å². The van der Waals surface area contributed by atoms with Crippen LogP contribution in [0, 0.1) is 0 Å². The van der Waals surface area contributed by atoms with Gasteiger partial charge in [0.05, 0.1) is 105 Å². The Kier molecular flexibility index (Phi) is 27.5. The number of rotatable bonds is 42. The number of aryl methyl sites for hydroxylation is 1. The molecule has 1 amide bonds. The molecule has 0 radical (unpaired) electrons. The number of carbonyl (C=O) groups excluding carboxylic acids is 1. The van der Waals surface area contributed by atoms with Gasteiger partial charge in [-0.25, -0.2) is 0 Å². The quantitative estimate of drug-likeness (QED) is 0.0200. The average Bonchev–Trinajstić information content (AvgIpc) is 3.86. The summed E-state index contributed by atoms with van der Waals surface area (Å²) in [5.41, 5.74) is 1.29. The largest absolute Gasteiger partial charge is 0.394 e. The zero-order valence-electron chi connectivity index (χ0n) is 41.4. The molecule has 72 heavy (non-hydrogen) atoms. The van der Waals surface area contributed by atoms with Crippen LogP contribution in [0.25, 0.3) is 32.3 Å². The van der Waals surface area contributed by atoms with E-state index in [4.69, 9.17) is 33.2 Å². The highest BCUT2D eigenvalue weighted by molar-refractivity contribution is 6.26. The number of nitrogens with one attached hydrogen (secondary N) is 1. The lowest BCUT2D eigenvalue weighted by Crippen LogP contribution is -2.37.